The number of ether oxygens (including phenoxy) is 1. The molecule has 0 saturated carbocycles. The lowest BCUT2D eigenvalue weighted by molar-refractivity contribution is -0.140. The van der Waals surface area contributed by atoms with Gasteiger partial charge in [0.2, 0.25) is 10.0 Å². The van der Waals surface area contributed by atoms with Crippen molar-refractivity contribution in [2.75, 3.05) is 23.3 Å². The van der Waals surface area contributed by atoms with E-state index in [0.29, 0.717) is 15.8 Å². The Hall–Kier alpha value is -1.28. The van der Waals surface area contributed by atoms with Crippen LogP contribution in [0, 0.1) is 0 Å². The highest BCUT2D eigenvalue weighted by Gasteiger charge is 2.14. The number of anilines is 2. The Balaban J connectivity index is 2.70. The summed E-state index contributed by atoms with van der Waals surface area (Å²) >= 11 is 3.19. The normalized spacial score (nSPS) is 11.0. The van der Waals surface area contributed by atoms with Crippen LogP contribution < -0.4 is 10.5 Å². The fourth-order valence-corrected chi connectivity index (χ4v) is 2.54. The predicted octanol–water partition coefficient (Wildman–Crippen LogP) is 1.34. The third-order valence-corrected chi connectivity index (χ3v) is 4.05. The molecule has 0 amide bonds. The van der Waals surface area contributed by atoms with Crippen molar-refractivity contribution < 1.29 is 17.9 Å². The van der Waals surface area contributed by atoms with Crippen LogP contribution in [0.4, 0.5) is 11.4 Å². The first kappa shape index (κ1) is 14.8. The largest absolute Gasteiger partial charge is 0.469 e. The molecule has 18 heavy (non-hydrogen) atoms. The van der Waals surface area contributed by atoms with Crippen LogP contribution in [0.25, 0.3) is 0 Å². The summed E-state index contributed by atoms with van der Waals surface area (Å²) in [5.74, 6) is -0.902. The third-order valence-electron chi connectivity index (χ3n) is 2.08. The second-order valence-corrected chi connectivity index (χ2v) is 6.18. The number of esters is 1. The molecule has 1 rings (SSSR count). The van der Waals surface area contributed by atoms with Gasteiger partial charge < -0.3 is 10.5 Å². The summed E-state index contributed by atoms with van der Waals surface area (Å²) in [5.41, 5.74) is 6.47. The molecule has 1 aromatic carbocycles. The van der Waals surface area contributed by atoms with Crippen LogP contribution in [0.5, 0.6) is 0 Å². The number of sulfonamides is 1. The first-order valence-corrected chi connectivity index (χ1v) is 7.41. The fourth-order valence-electron chi connectivity index (χ4n) is 1.14. The summed E-state index contributed by atoms with van der Waals surface area (Å²) in [4.78, 5) is 10.9. The second-order valence-electron chi connectivity index (χ2n) is 3.48. The zero-order chi connectivity index (χ0) is 13.8. The molecule has 0 bridgehead atoms. The minimum atomic E-state index is -3.58. The van der Waals surface area contributed by atoms with Gasteiger partial charge in [-0.1, -0.05) is 0 Å². The number of benzene rings is 1. The van der Waals surface area contributed by atoms with E-state index in [1.165, 1.54) is 13.2 Å². The molecule has 1 aromatic rings. The van der Waals surface area contributed by atoms with Gasteiger partial charge in [0.15, 0.2) is 0 Å². The van der Waals surface area contributed by atoms with Gasteiger partial charge in [0.05, 0.1) is 19.3 Å². The third kappa shape index (κ3) is 4.53. The Labute approximate surface area is 114 Å². The van der Waals surface area contributed by atoms with Crippen molar-refractivity contribution in [3.63, 3.8) is 0 Å². The van der Waals surface area contributed by atoms with Crippen LogP contribution in [0.3, 0.4) is 0 Å². The number of nitrogens with one attached hydrogen (secondary N) is 1. The molecular weight excluding hydrogens is 324 g/mol. The maximum Gasteiger partial charge on any atom is 0.306 e. The molecule has 0 unspecified atom stereocenters. The lowest BCUT2D eigenvalue weighted by Crippen LogP contribution is -2.19. The summed E-state index contributed by atoms with van der Waals surface area (Å²) < 4.78 is 30.6. The SMILES string of the molecule is COC(=O)CCS(=O)(=O)Nc1ccc(N)c(Br)c1. The summed E-state index contributed by atoms with van der Waals surface area (Å²) in [5, 5.41) is 0. The van der Waals surface area contributed by atoms with Crippen molar-refractivity contribution in [2.24, 2.45) is 0 Å². The van der Waals surface area contributed by atoms with Gasteiger partial charge in [-0.15, -0.1) is 0 Å². The highest BCUT2D eigenvalue weighted by Crippen LogP contribution is 2.23. The highest BCUT2D eigenvalue weighted by molar-refractivity contribution is 9.10. The van der Waals surface area contributed by atoms with Crippen molar-refractivity contribution in [2.45, 2.75) is 6.42 Å². The van der Waals surface area contributed by atoms with Gasteiger partial charge in [-0.05, 0) is 34.1 Å². The van der Waals surface area contributed by atoms with Crippen molar-refractivity contribution in [1.82, 2.24) is 0 Å². The van der Waals surface area contributed by atoms with E-state index in [9.17, 15) is 13.2 Å². The number of carbonyl (C=O) groups is 1. The highest BCUT2D eigenvalue weighted by atomic mass is 79.9. The lowest BCUT2D eigenvalue weighted by Gasteiger charge is -2.08. The van der Waals surface area contributed by atoms with Gasteiger partial charge in [-0.25, -0.2) is 8.42 Å². The molecule has 0 fully saturated rings. The zero-order valence-corrected chi connectivity index (χ0v) is 12.0. The van der Waals surface area contributed by atoms with Crippen LogP contribution in [0.2, 0.25) is 0 Å². The van der Waals surface area contributed by atoms with Gasteiger partial charge in [-0.2, -0.15) is 0 Å². The molecule has 0 aliphatic heterocycles. The molecule has 0 heterocycles. The molecule has 0 saturated heterocycles. The summed E-state index contributed by atoms with van der Waals surface area (Å²) in [6.07, 6.45) is -0.192. The molecule has 8 heteroatoms. The van der Waals surface area contributed by atoms with E-state index in [0.717, 1.165) is 0 Å². The maximum absolute atomic E-state index is 11.7. The van der Waals surface area contributed by atoms with E-state index in [-0.39, 0.29) is 12.2 Å². The Kier molecular flexibility index (Phi) is 4.97. The number of nitrogen functional groups attached to an aromatic ring is 1. The summed E-state index contributed by atoms with van der Waals surface area (Å²) in [6.45, 7) is 0. The minimum Gasteiger partial charge on any atom is -0.469 e. The molecule has 0 spiro atoms. The summed E-state index contributed by atoms with van der Waals surface area (Å²) in [7, 11) is -2.37. The fraction of sp³-hybridized carbons (Fsp3) is 0.300. The number of hydrogen-bond donors (Lipinski definition) is 2. The number of halogens is 1. The van der Waals surface area contributed by atoms with Crippen LogP contribution >= 0.6 is 15.9 Å². The predicted molar refractivity (Wildman–Crippen MR) is 72.6 cm³/mol. The average Bonchev–Trinajstić information content (AvgIpc) is 2.30. The molecule has 0 aromatic heterocycles. The van der Waals surface area contributed by atoms with Crippen LogP contribution in [-0.4, -0.2) is 27.2 Å². The Morgan fingerprint density at radius 3 is 2.72 bits per heavy atom. The maximum atomic E-state index is 11.7. The van der Waals surface area contributed by atoms with Crippen molar-refractivity contribution in [3.05, 3.63) is 22.7 Å². The van der Waals surface area contributed by atoms with Gasteiger partial charge in [0.1, 0.15) is 0 Å². The van der Waals surface area contributed by atoms with Crippen molar-refractivity contribution in [3.8, 4) is 0 Å². The molecule has 0 aliphatic carbocycles. The Morgan fingerprint density at radius 1 is 1.50 bits per heavy atom. The Morgan fingerprint density at radius 2 is 2.17 bits per heavy atom. The molecule has 0 atom stereocenters. The first-order valence-electron chi connectivity index (χ1n) is 4.96. The molecule has 3 N–H and O–H groups in total. The van der Waals surface area contributed by atoms with E-state index >= 15 is 0 Å². The molecule has 6 nitrogen and oxygen atoms in total. The monoisotopic (exact) mass is 336 g/mol. The van der Waals surface area contributed by atoms with Gasteiger partial charge >= 0.3 is 5.97 Å². The van der Waals surface area contributed by atoms with Gasteiger partial charge in [0.25, 0.3) is 0 Å². The Bertz CT molecular complexity index is 545. The van der Waals surface area contributed by atoms with E-state index in [4.69, 9.17) is 5.73 Å². The van der Waals surface area contributed by atoms with Gasteiger partial charge in [0, 0.05) is 15.8 Å². The van der Waals surface area contributed by atoms with Crippen LogP contribution in [0.1, 0.15) is 6.42 Å². The number of nitrogens with two attached hydrogens (primary N) is 1. The van der Waals surface area contributed by atoms with Crippen LogP contribution in [0.15, 0.2) is 22.7 Å². The minimum absolute atomic E-state index is 0.192. The second kappa shape index (κ2) is 6.05. The first-order chi connectivity index (χ1) is 8.34. The van der Waals surface area contributed by atoms with Crippen molar-refractivity contribution in [1.29, 1.82) is 0 Å². The standard InChI is InChI=1S/C10H13BrN2O4S/c1-17-10(14)4-5-18(15,16)13-7-2-3-9(12)8(11)6-7/h2-3,6,13H,4-5,12H2,1H3. The quantitative estimate of drug-likeness (QED) is 0.624. The van der Waals surface area contributed by atoms with E-state index in [1.807, 2.05) is 0 Å². The van der Waals surface area contributed by atoms with Crippen molar-refractivity contribution >= 4 is 43.3 Å². The number of hydrogen-bond acceptors (Lipinski definition) is 5. The smallest absolute Gasteiger partial charge is 0.306 e. The number of carbonyl (C=O) groups excluding carboxylic acids is 1. The lowest BCUT2D eigenvalue weighted by atomic mass is 10.3. The summed E-state index contributed by atoms with van der Waals surface area (Å²) in [6, 6.07) is 4.66. The van der Waals surface area contributed by atoms with E-state index < -0.39 is 16.0 Å². The number of rotatable bonds is 5. The van der Waals surface area contributed by atoms with Gasteiger partial charge in [-0.3, -0.25) is 9.52 Å². The molecule has 0 radical (unpaired) electrons. The number of methoxy groups -OCH3 is 1. The molecule has 100 valence electrons. The van der Waals surface area contributed by atoms with E-state index in [2.05, 4.69) is 25.4 Å². The topological polar surface area (TPSA) is 98.5 Å². The van der Waals surface area contributed by atoms with E-state index in [1.54, 1.807) is 12.1 Å². The average molecular weight is 337 g/mol. The molecule has 0 aliphatic rings. The molecular formula is C10H13BrN2O4S. The van der Waals surface area contributed by atoms with Crippen LogP contribution in [-0.2, 0) is 19.6 Å². The zero-order valence-electron chi connectivity index (χ0n) is 9.64.